The van der Waals surface area contributed by atoms with E-state index in [1.165, 1.54) is 0 Å². The number of aromatic nitrogens is 1. The second kappa shape index (κ2) is 6.84. The predicted octanol–water partition coefficient (Wildman–Crippen LogP) is 4.64. The van der Waals surface area contributed by atoms with Crippen LogP contribution in [0.15, 0.2) is 53.1 Å². The molecule has 1 amide bonds. The molecule has 0 atom stereocenters. The molecule has 1 aromatic heterocycles. The second-order valence-electron chi connectivity index (χ2n) is 7.21. The number of anilines is 1. The van der Waals surface area contributed by atoms with E-state index in [1.54, 1.807) is 25.3 Å². The Balaban J connectivity index is 1.33. The van der Waals surface area contributed by atoms with Crippen molar-refractivity contribution in [2.75, 3.05) is 12.4 Å². The number of nitrogens with zero attached hydrogens (tertiary/aromatic N) is 1. The molecule has 5 rings (SSSR count). The molecule has 1 N–H and O–H groups in total. The minimum absolute atomic E-state index is 0.177. The zero-order chi connectivity index (χ0) is 19.8. The van der Waals surface area contributed by atoms with Crippen molar-refractivity contribution in [2.45, 2.75) is 31.5 Å². The monoisotopic (exact) mass is 392 g/mol. The van der Waals surface area contributed by atoms with Gasteiger partial charge in [-0.2, -0.15) is 0 Å². The van der Waals surface area contributed by atoms with E-state index in [-0.39, 0.29) is 11.6 Å². The standard InChI is InChI=1S/C22H20N2O5/c1-26-17-7-3-2-6-15(17)19-13-16(24-29-19)21(25)23-14-8-9-18-20(12-14)28-22(27-18)10-4-5-11-22/h2-3,6-9,12-13H,4-5,10-11H2,1H3,(H,23,25). The van der Waals surface area contributed by atoms with Gasteiger partial charge in [0.2, 0.25) is 0 Å². The topological polar surface area (TPSA) is 82.8 Å². The van der Waals surface area contributed by atoms with Crippen LogP contribution in [0.5, 0.6) is 17.2 Å². The van der Waals surface area contributed by atoms with Crippen molar-refractivity contribution in [1.29, 1.82) is 0 Å². The van der Waals surface area contributed by atoms with Crippen LogP contribution in [-0.4, -0.2) is 24.0 Å². The molecule has 7 nitrogen and oxygen atoms in total. The molecule has 1 aliphatic carbocycles. The third-order valence-electron chi connectivity index (χ3n) is 5.27. The van der Waals surface area contributed by atoms with E-state index in [0.717, 1.165) is 31.2 Å². The molecule has 0 unspecified atom stereocenters. The molecule has 1 aliphatic heterocycles. The Morgan fingerprint density at radius 1 is 1.07 bits per heavy atom. The van der Waals surface area contributed by atoms with Crippen molar-refractivity contribution in [3.8, 4) is 28.6 Å². The number of amides is 1. The fourth-order valence-electron chi connectivity index (χ4n) is 3.84. The minimum atomic E-state index is -0.527. The first-order valence-corrected chi connectivity index (χ1v) is 9.59. The molecule has 2 aromatic carbocycles. The molecular weight excluding hydrogens is 372 g/mol. The van der Waals surface area contributed by atoms with E-state index in [2.05, 4.69) is 10.5 Å². The number of ether oxygens (including phenoxy) is 3. The fourth-order valence-corrected chi connectivity index (χ4v) is 3.84. The Kier molecular flexibility index (Phi) is 4.16. The number of hydrogen-bond acceptors (Lipinski definition) is 6. The third-order valence-corrected chi connectivity index (χ3v) is 5.27. The summed E-state index contributed by atoms with van der Waals surface area (Å²) < 4.78 is 22.7. The number of para-hydroxylation sites is 1. The lowest BCUT2D eigenvalue weighted by molar-refractivity contribution is -0.0716. The SMILES string of the molecule is COc1ccccc1-c1cc(C(=O)Nc2ccc3c(c2)OC2(CCCC2)O3)no1. The summed E-state index contributed by atoms with van der Waals surface area (Å²) in [6.45, 7) is 0. The maximum absolute atomic E-state index is 12.6. The summed E-state index contributed by atoms with van der Waals surface area (Å²) in [5.74, 6) is 1.57. The van der Waals surface area contributed by atoms with Crippen molar-refractivity contribution in [1.82, 2.24) is 5.16 Å². The van der Waals surface area contributed by atoms with Gasteiger partial charge in [-0.3, -0.25) is 4.79 Å². The molecule has 3 aromatic rings. The molecule has 2 heterocycles. The summed E-state index contributed by atoms with van der Waals surface area (Å²) in [6, 6.07) is 14.4. The van der Waals surface area contributed by atoms with E-state index < -0.39 is 5.79 Å². The first kappa shape index (κ1) is 17.6. The van der Waals surface area contributed by atoms with Gasteiger partial charge in [-0.15, -0.1) is 0 Å². The highest BCUT2D eigenvalue weighted by atomic mass is 16.7. The number of fused-ring (bicyclic) bond motifs is 1. The molecule has 1 spiro atoms. The fraction of sp³-hybridized carbons (Fsp3) is 0.273. The Labute approximate surface area is 167 Å². The van der Waals surface area contributed by atoms with Gasteiger partial charge in [0.05, 0.1) is 12.7 Å². The van der Waals surface area contributed by atoms with Gasteiger partial charge in [-0.1, -0.05) is 17.3 Å². The van der Waals surface area contributed by atoms with Gasteiger partial charge >= 0.3 is 0 Å². The summed E-state index contributed by atoms with van der Waals surface area (Å²) in [6.07, 6.45) is 3.96. The number of carbonyl (C=O) groups excluding carboxylic acids is 1. The van der Waals surface area contributed by atoms with Crippen LogP contribution in [0.4, 0.5) is 5.69 Å². The van der Waals surface area contributed by atoms with Crippen molar-refractivity contribution in [3.63, 3.8) is 0 Å². The molecule has 0 radical (unpaired) electrons. The second-order valence-corrected chi connectivity index (χ2v) is 7.21. The van der Waals surface area contributed by atoms with Gasteiger partial charge in [0.25, 0.3) is 11.7 Å². The largest absolute Gasteiger partial charge is 0.496 e. The van der Waals surface area contributed by atoms with Crippen LogP contribution in [-0.2, 0) is 0 Å². The Morgan fingerprint density at radius 3 is 2.69 bits per heavy atom. The van der Waals surface area contributed by atoms with Gasteiger partial charge in [0, 0.05) is 30.7 Å². The number of carbonyl (C=O) groups is 1. The summed E-state index contributed by atoms with van der Waals surface area (Å²) in [5.41, 5.74) is 1.51. The van der Waals surface area contributed by atoms with E-state index in [1.807, 2.05) is 30.3 Å². The summed E-state index contributed by atoms with van der Waals surface area (Å²) in [5, 5.41) is 6.73. The lowest BCUT2D eigenvalue weighted by Gasteiger charge is -2.21. The van der Waals surface area contributed by atoms with Gasteiger partial charge in [0.1, 0.15) is 5.75 Å². The lowest BCUT2D eigenvalue weighted by atomic mass is 10.1. The Hall–Kier alpha value is -3.48. The quantitative estimate of drug-likeness (QED) is 0.696. The van der Waals surface area contributed by atoms with E-state index >= 15 is 0 Å². The first-order chi connectivity index (χ1) is 14.2. The maximum Gasteiger partial charge on any atom is 0.277 e. The summed E-state index contributed by atoms with van der Waals surface area (Å²) in [4.78, 5) is 12.6. The van der Waals surface area contributed by atoms with Gasteiger partial charge in [-0.25, -0.2) is 0 Å². The zero-order valence-electron chi connectivity index (χ0n) is 15.9. The summed E-state index contributed by atoms with van der Waals surface area (Å²) >= 11 is 0. The van der Waals surface area contributed by atoms with E-state index in [0.29, 0.717) is 28.7 Å². The number of benzene rings is 2. The maximum atomic E-state index is 12.6. The van der Waals surface area contributed by atoms with E-state index in [4.69, 9.17) is 18.7 Å². The number of hydrogen-bond donors (Lipinski definition) is 1. The average Bonchev–Trinajstić information content (AvgIpc) is 3.47. The molecule has 0 bridgehead atoms. The smallest absolute Gasteiger partial charge is 0.277 e. The van der Waals surface area contributed by atoms with Crippen LogP contribution in [0.2, 0.25) is 0 Å². The van der Waals surface area contributed by atoms with Crippen LogP contribution >= 0.6 is 0 Å². The van der Waals surface area contributed by atoms with Crippen molar-refractivity contribution < 1.29 is 23.5 Å². The number of methoxy groups -OCH3 is 1. The molecular formula is C22H20N2O5. The Bertz CT molecular complexity index is 1070. The minimum Gasteiger partial charge on any atom is -0.496 e. The van der Waals surface area contributed by atoms with Crippen LogP contribution < -0.4 is 19.5 Å². The Morgan fingerprint density at radius 2 is 1.86 bits per heavy atom. The van der Waals surface area contributed by atoms with Gasteiger partial charge < -0.3 is 24.1 Å². The normalized spacial score (nSPS) is 16.2. The molecule has 0 saturated heterocycles. The van der Waals surface area contributed by atoms with Crippen LogP contribution in [0.25, 0.3) is 11.3 Å². The molecule has 29 heavy (non-hydrogen) atoms. The van der Waals surface area contributed by atoms with Gasteiger partial charge in [0.15, 0.2) is 23.0 Å². The van der Waals surface area contributed by atoms with Crippen LogP contribution in [0.3, 0.4) is 0 Å². The van der Waals surface area contributed by atoms with Gasteiger partial charge in [-0.05, 0) is 37.1 Å². The molecule has 148 valence electrons. The highest BCUT2D eigenvalue weighted by Crippen LogP contribution is 2.47. The predicted molar refractivity (Wildman–Crippen MR) is 105 cm³/mol. The van der Waals surface area contributed by atoms with E-state index in [9.17, 15) is 4.79 Å². The number of rotatable bonds is 4. The first-order valence-electron chi connectivity index (χ1n) is 9.59. The third kappa shape index (κ3) is 3.18. The lowest BCUT2D eigenvalue weighted by Crippen LogP contribution is -2.34. The molecule has 7 heteroatoms. The number of nitrogens with one attached hydrogen (secondary N) is 1. The molecule has 1 fully saturated rings. The highest BCUT2D eigenvalue weighted by Gasteiger charge is 2.44. The van der Waals surface area contributed by atoms with Crippen molar-refractivity contribution >= 4 is 11.6 Å². The molecule has 2 aliphatic rings. The van der Waals surface area contributed by atoms with Crippen molar-refractivity contribution in [3.05, 3.63) is 54.2 Å². The average molecular weight is 392 g/mol. The summed E-state index contributed by atoms with van der Waals surface area (Å²) in [7, 11) is 1.58. The highest BCUT2D eigenvalue weighted by molar-refractivity contribution is 6.03. The van der Waals surface area contributed by atoms with Crippen LogP contribution in [0, 0.1) is 0 Å². The van der Waals surface area contributed by atoms with Crippen LogP contribution in [0.1, 0.15) is 36.2 Å². The molecule has 1 saturated carbocycles. The zero-order valence-corrected chi connectivity index (χ0v) is 15.9. The van der Waals surface area contributed by atoms with Crippen molar-refractivity contribution in [2.24, 2.45) is 0 Å².